The molecule has 1 aliphatic rings. The van der Waals surface area contributed by atoms with Gasteiger partial charge in [0.25, 0.3) is 0 Å². The Kier molecular flexibility index (Phi) is 6.90. The third-order valence-corrected chi connectivity index (χ3v) is 4.22. The first-order valence-corrected chi connectivity index (χ1v) is 7.72. The molecule has 0 fully saturated rings. The fourth-order valence-electron chi connectivity index (χ4n) is 2.71. The summed E-state index contributed by atoms with van der Waals surface area (Å²) in [5, 5.41) is 17.9. The Hall–Kier alpha value is -2.64. The fraction of sp³-hybridized carbons (Fsp3) is 0.529. The van der Waals surface area contributed by atoms with Crippen LogP contribution in [0, 0.1) is 11.8 Å². The van der Waals surface area contributed by atoms with Gasteiger partial charge in [-0.15, -0.1) is 0 Å². The molecule has 1 atom stereocenters. The lowest BCUT2D eigenvalue weighted by Crippen LogP contribution is -2.26. The number of ether oxygens (including phenoxy) is 2. The summed E-state index contributed by atoms with van der Waals surface area (Å²) in [6, 6.07) is 0. The monoisotopic (exact) mass is 354 g/mol. The van der Waals surface area contributed by atoms with Crippen LogP contribution < -0.4 is 0 Å². The molecule has 0 saturated heterocycles. The molecule has 0 saturated carbocycles. The second kappa shape index (κ2) is 8.46. The maximum atomic E-state index is 12.5. The van der Waals surface area contributed by atoms with Crippen molar-refractivity contribution in [2.24, 2.45) is 11.8 Å². The maximum absolute atomic E-state index is 12.5. The second-order valence-electron chi connectivity index (χ2n) is 5.94. The van der Waals surface area contributed by atoms with Gasteiger partial charge in [0, 0.05) is 11.1 Å². The molecule has 1 aliphatic carbocycles. The topological polar surface area (TPSA) is 127 Å². The predicted molar refractivity (Wildman–Crippen MR) is 85.5 cm³/mol. The van der Waals surface area contributed by atoms with Crippen molar-refractivity contribution in [1.82, 2.24) is 0 Å². The highest BCUT2D eigenvalue weighted by Crippen LogP contribution is 2.30. The molecular weight excluding hydrogens is 332 g/mol. The van der Waals surface area contributed by atoms with Gasteiger partial charge in [0.15, 0.2) is 5.92 Å². The number of ketones is 2. The van der Waals surface area contributed by atoms with Crippen molar-refractivity contribution in [1.29, 1.82) is 0 Å². The van der Waals surface area contributed by atoms with Crippen LogP contribution in [0.5, 0.6) is 0 Å². The molecule has 0 bridgehead atoms. The summed E-state index contributed by atoms with van der Waals surface area (Å²) in [5.74, 6) is -5.73. The molecule has 8 heteroatoms. The van der Waals surface area contributed by atoms with Gasteiger partial charge in [-0.2, -0.15) is 0 Å². The molecular formula is C17H22O8. The predicted octanol–water partition coefficient (Wildman–Crippen LogP) is 1.55. The quantitative estimate of drug-likeness (QED) is 0.471. The molecule has 0 radical (unpaired) electrons. The molecule has 0 spiro atoms. The number of hydrogen-bond donors (Lipinski definition) is 2. The number of Topliss-reactive ketones (excluding diaryl/α,β-unsaturated/α-hetero) is 2. The van der Waals surface area contributed by atoms with Gasteiger partial charge in [0.1, 0.15) is 0 Å². The SMILES string of the molecule is COC1=C(OC)C(=O)C(CCC(C)CC(C(=O)O)C(=O)O)=C(C)C1=O. The maximum Gasteiger partial charge on any atom is 0.317 e. The van der Waals surface area contributed by atoms with Crippen LogP contribution in [0.1, 0.15) is 33.1 Å². The van der Waals surface area contributed by atoms with Crippen LogP contribution >= 0.6 is 0 Å². The van der Waals surface area contributed by atoms with Crippen molar-refractivity contribution in [2.45, 2.75) is 33.1 Å². The zero-order valence-electron chi connectivity index (χ0n) is 14.6. The fourth-order valence-corrected chi connectivity index (χ4v) is 2.71. The van der Waals surface area contributed by atoms with E-state index in [-0.39, 0.29) is 41.4 Å². The van der Waals surface area contributed by atoms with Crippen molar-refractivity contribution in [3.05, 3.63) is 22.7 Å². The third-order valence-electron chi connectivity index (χ3n) is 4.22. The molecule has 25 heavy (non-hydrogen) atoms. The molecule has 0 aromatic rings. The van der Waals surface area contributed by atoms with E-state index in [4.69, 9.17) is 19.7 Å². The number of carbonyl (C=O) groups excluding carboxylic acids is 2. The highest BCUT2D eigenvalue weighted by atomic mass is 16.5. The van der Waals surface area contributed by atoms with Gasteiger partial charge in [-0.05, 0) is 32.1 Å². The zero-order valence-corrected chi connectivity index (χ0v) is 14.6. The molecule has 2 N–H and O–H groups in total. The lowest BCUT2D eigenvalue weighted by molar-refractivity contribution is -0.155. The first-order chi connectivity index (χ1) is 11.6. The van der Waals surface area contributed by atoms with Crippen molar-refractivity contribution < 1.29 is 38.9 Å². The van der Waals surface area contributed by atoms with Crippen molar-refractivity contribution in [2.75, 3.05) is 14.2 Å². The van der Waals surface area contributed by atoms with E-state index >= 15 is 0 Å². The normalized spacial score (nSPS) is 16.4. The molecule has 8 nitrogen and oxygen atoms in total. The number of aliphatic carboxylic acids is 2. The van der Waals surface area contributed by atoms with Crippen molar-refractivity contribution in [3.8, 4) is 0 Å². The van der Waals surface area contributed by atoms with Crippen LogP contribution in [0.25, 0.3) is 0 Å². The molecule has 138 valence electrons. The first-order valence-electron chi connectivity index (χ1n) is 7.72. The highest BCUT2D eigenvalue weighted by molar-refractivity contribution is 6.23. The Balaban J connectivity index is 2.88. The second-order valence-corrected chi connectivity index (χ2v) is 5.94. The summed E-state index contributed by atoms with van der Waals surface area (Å²) in [7, 11) is 2.54. The number of methoxy groups -OCH3 is 2. The van der Waals surface area contributed by atoms with Crippen LogP contribution in [0.4, 0.5) is 0 Å². The van der Waals surface area contributed by atoms with Gasteiger partial charge in [-0.1, -0.05) is 6.92 Å². The molecule has 0 heterocycles. The Morgan fingerprint density at radius 1 is 1.00 bits per heavy atom. The van der Waals surface area contributed by atoms with Crippen LogP contribution in [0.3, 0.4) is 0 Å². The largest absolute Gasteiger partial charge is 0.489 e. The molecule has 1 unspecified atom stereocenters. The average Bonchev–Trinajstić information content (AvgIpc) is 2.54. The Labute approximate surface area is 145 Å². The summed E-state index contributed by atoms with van der Waals surface area (Å²) >= 11 is 0. The van der Waals surface area contributed by atoms with Gasteiger partial charge < -0.3 is 19.7 Å². The Morgan fingerprint density at radius 3 is 1.92 bits per heavy atom. The van der Waals surface area contributed by atoms with E-state index in [1.807, 2.05) is 0 Å². The van der Waals surface area contributed by atoms with E-state index in [0.29, 0.717) is 6.42 Å². The van der Waals surface area contributed by atoms with E-state index in [0.717, 1.165) is 0 Å². The van der Waals surface area contributed by atoms with Gasteiger partial charge in [0.05, 0.1) is 14.2 Å². The van der Waals surface area contributed by atoms with Crippen molar-refractivity contribution in [3.63, 3.8) is 0 Å². The molecule has 0 aliphatic heterocycles. The number of carboxylic acid groups (broad SMARTS) is 2. The highest BCUT2D eigenvalue weighted by Gasteiger charge is 2.35. The third kappa shape index (κ3) is 4.46. The van der Waals surface area contributed by atoms with E-state index < -0.39 is 29.4 Å². The van der Waals surface area contributed by atoms with E-state index in [1.165, 1.54) is 21.1 Å². The molecule has 0 aromatic heterocycles. The number of hydrogen-bond acceptors (Lipinski definition) is 6. The summed E-state index contributed by atoms with van der Waals surface area (Å²) < 4.78 is 9.93. The molecule has 0 amide bonds. The van der Waals surface area contributed by atoms with E-state index in [2.05, 4.69) is 0 Å². The smallest absolute Gasteiger partial charge is 0.317 e. The minimum Gasteiger partial charge on any atom is -0.489 e. The number of carboxylic acids is 2. The van der Waals surface area contributed by atoms with Crippen molar-refractivity contribution >= 4 is 23.5 Å². The summed E-state index contributed by atoms with van der Waals surface area (Å²) in [6.45, 7) is 3.22. The van der Waals surface area contributed by atoms with Gasteiger partial charge in [-0.3, -0.25) is 19.2 Å². The zero-order chi connectivity index (χ0) is 19.3. The lowest BCUT2D eigenvalue weighted by atomic mass is 9.86. The van der Waals surface area contributed by atoms with E-state index in [1.54, 1.807) is 6.92 Å². The Bertz CT molecular complexity index is 642. The standard InChI is InChI=1S/C17H22O8/c1-8(7-11(16(20)21)17(22)23)5-6-10-9(2)12(18)14(24-3)15(25-4)13(10)19/h8,11H,5-7H2,1-4H3,(H,20,21)(H,22,23). The van der Waals surface area contributed by atoms with Crippen LogP contribution in [0.15, 0.2) is 22.7 Å². The molecule has 0 aromatic carbocycles. The lowest BCUT2D eigenvalue weighted by Gasteiger charge is -2.21. The van der Waals surface area contributed by atoms with Gasteiger partial charge >= 0.3 is 11.9 Å². The van der Waals surface area contributed by atoms with Crippen LogP contribution in [0.2, 0.25) is 0 Å². The minimum absolute atomic E-state index is 0.0601. The summed E-state index contributed by atoms with van der Waals surface area (Å²) in [4.78, 5) is 46.6. The summed E-state index contributed by atoms with van der Waals surface area (Å²) in [6.07, 6.45) is 0.519. The Morgan fingerprint density at radius 2 is 1.48 bits per heavy atom. The first kappa shape index (κ1) is 20.4. The van der Waals surface area contributed by atoms with Crippen LogP contribution in [-0.2, 0) is 28.7 Å². The number of allylic oxidation sites excluding steroid dienone is 2. The molecule has 1 rings (SSSR count). The van der Waals surface area contributed by atoms with Gasteiger partial charge in [0.2, 0.25) is 23.1 Å². The number of rotatable bonds is 9. The van der Waals surface area contributed by atoms with Gasteiger partial charge in [-0.25, -0.2) is 0 Å². The summed E-state index contributed by atoms with van der Waals surface area (Å²) in [5.41, 5.74) is 0.527. The number of carbonyl (C=O) groups is 4. The van der Waals surface area contributed by atoms with E-state index in [9.17, 15) is 19.2 Å². The minimum atomic E-state index is -1.50. The average molecular weight is 354 g/mol. The van der Waals surface area contributed by atoms with Crippen LogP contribution in [-0.4, -0.2) is 47.9 Å².